The summed E-state index contributed by atoms with van der Waals surface area (Å²) in [7, 11) is 1.53. The summed E-state index contributed by atoms with van der Waals surface area (Å²) in [5, 5.41) is 3.02. The molecule has 3 rings (SSSR count). The Kier molecular flexibility index (Phi) is 6.75. The van der Waals surface area contributed by atoms with Crippen LogP contribution < -0.4 is 14.8 Å². The van der Waals surface area contributed by atoms with E-state index in [1.807, 2.05) is 25.1 Å². The molecule has 0 bridgehead atoms. The first-order valence-electron chi connectivity index (χ1n) is 9.93. The standard InChI is InChI=1S/C23H27NO5/c1-4-28-21-14-17(12-13-20(21)27-3)23(26)29-15(2)22(25)24-19-11-7-9-16-8-5-6-10-18(16)19/h5-6,8,10,12-15,19H,4,7,9,11H2,1-3H3,(H,24,25)/t15-,19+/m0/s1. The van der Waals surface area contributed by atoms with Crippen molar-refractivity contribution in [2.24, 2.45) is 0 Å². The van der Waals surface area contributed by atoms with Gasteiger partial charge in [-0.2, -0.15) is 0 Å². The van der Waals surface area contributed by atoms with E-state index < -0.39 is 12.1 Å². The molecule has 0 heterocycles. The van der Waals surface area contributed by atoms with Gasteiger partial charge in [0.05, 0.1) is 25.3 Å². The number of esters is 1. The molecule has 0 unspecified atom stereocenters. The lowest BCUT2D eigenvalue weighted by atomic mass is 9.87. The van der Waals surface area contributed by atoms with Gasteiger partial charge in [0, 0.05) is 0 Å². The third-order valence-corrected chi connectivity index (χ3v) is 5.04. The second-order valence-corrected chi connectivity index (χ2v) is 7.00. The lowest BCUT2D eigenvalue weighted by Crippen LogP contribution is -2.39. The number of aryl methyl sites for hydroxylation is 1. The number of rotatable bonds is 7. The van der Waals surface area contributed by atoms with Crippen molar-refractivity contribution in [3.63, 3.8) is 0 Å². The van der Waals surface area contributed by atoms with E-state index >= 15 is 0 Å². The predicted molar refractivity (Wildman–Crippen MR) is 109 cm³/mol. The number of hydrogen-bond acceptors (Lipinski definition) is 5. The summed E-state index contributed by atoms with van der Waals surface area (Å²) in [6, 6.07) is 12.9. The Labute approximate surface area is 171 Å². The number of hydrogen-bond donors (Lipinski definition) is 1. The molecule has 0 spiro atoms. The third-order valence-electron chi connectivity index (χ3n) is 5.04. The number of nitrogens with one attached hydrogen (secondary N) is 1. The first-order valence-corrected chi connectivity index (χ1v) is 9.93. The first kappa shape index (κ1) is 20.7. The average molecular weight is 397 g/mol. The number of benzene rings is 2. The summed E-state index contributed by atoms with van der Waals surface area (Å²) in [6.45, 7) is 3.87. The molecule has 0 radical (unpaired) electrons. The molecule has 1 aliphatic rings. The number of ether oxygens (including phenoxy) is 3. The number of methoxy groups -OCH3 is 1. The first-order chi connectivity index (χ1) is 14.0. The van der Waals surface area contributed by atoms with Gasteiger partial charge in [-0.3, -0.25) is 4.79 Å². The number of amides is 1. The van der Waals surface area contributed by atoms with Crippen molar-refractivity contribution < 1.29 is 23.8 Å². The summed E-state index contributed by atoms with van der Waals surface area (Å²) in [5.41, 5.74) is 2.70. The van der Waals surface area contributed by atoms with Crippen molar-refractivity contribution in [3.8, 4) is 11.5 Å². The number of fused-ring (bicyclic) bond motifs is 1. The zero-order chi connectivity index (χ0) is 20.8. The molecule has 6 nitrogen and oxygen atoms in total. The van der Waals surface area contributed by atoms with Crippen molar-refractivity contribution >= 4 is 11.9 Å². The quantitative estimate of drug-likeness (QED) is 0.719. The number of carbonyl (C=O) groups excluding carboxylic acids is 2. The van der Waals surface area contributed by atoms with E-state index in [-0.39, 0.29) is 11.9 Å². The van der Waals surface area contributed by atoms with E-state index in [1.54, 1.807) is 25.1 Å². The van der Waals surface area contributed by atoms with Crippen LogP contribution in [0.3, 0.4) is 0 Å². The molecular weight excluding hydrogens is 370 g/mol. The fourth-order valence-corrected chi connectivity index (χ4v) is 3.55. The Bertz CT molecular complexity index is 879. The van der Waals surface area contributed by atoms with E-state index in [1.165, 1.54) is 12.7 Å². The molecule has 29 heavy (non-hydrogen) atoms. The van der Waals surface area contributed by atoms with Gasteiger partial charge in [0.1, 0.15) is 0 Å². The maximum absolute atomic E-state index is 12.6. The molecule has 0 aliphatic heterocycles. The van der Waals surface area contributed by atoms with Crippen LogP contribution in [0.2, 0.25) is 0 Å². The Hall–Kier alpha value is -3.02. The normalized spacial score (nSPS) is 16.3. The maximum atomic E-state index is 12.6. The van der Waals surface area contributed by atoms with E-state index in [2.05, 4.69) is 11.4 Å². The van der Waals surface area contributed by atoms with Crippen LogP contribution in [-0.2, 0) is 16.0 Å². The van der Waals surface area contributed by atoms with E-state index in [9.17, 15) is 9.59 Å². The van der Waals surface area contributed by atoms with Crippen LogP contribution in [0.5, 0.6) is 11.5 Å². The summed E-state index contributed by atoms with van der Waals surface area (Å²) in [6.07, 6.45) is 2.00. The Morgan fingerprint density at radius 1 is 1.17 bits per heavy atom. The van der Waals surface area contributed by atoms with Crippen LogP contribution in [0.15, 0.2) is 42.5 Å². The Morgan fingerprint density at radius 2 is 1.97 bits per heavy atom. The van der Waals surface area contributed by atoms with Crippen molar-refractivity contribution in [2.75, 3.05) is 13.7 Å². The largest absolute Gasteiger partial charge is 0.493 e. The van der Waals surface area contributed by atoms with E-state index in [4.69, 9.17) is 14.2 Å². The molecule has 1 amide bonds. The van der Waals surface area contributed by atoms with Crippen molar-refractivity contribution in [1.82, 2.24) is 5.32 Å². The summed E-state index contributed by atoms with van der Waals surface area (Å²) in [5.74, 6) is 0.101. The molecule has 154 valence electrons. The minimum absolute atomic E-state index is 0.0563. The SMILES string of the molecule is CCOc1cc(C(=O)O[C@@H](C)C(=O)N[C@@H]2CCCc3ccccc32)ccc1OC. The fourth-order valence-electron chi connectivity index (χ4n) is 3.55. The van der Waals surface area contributed by atoms with Crippen LogP contribution in [0.1, 0.15) is 54.2 Å². The van der Waals surface area contributed by atoms with Gasteiger partial charge in [-0.15, -0.1) is 0 Å². The maximum Gasteiger partial charge on any atom is 0.339 e. The van der Waals surface area contributed by atoms with Crippen LogP contribution in [0.25, 0.3) is 0 Å². The van der Waals surface area contributed by atoms with Gasteiger partial charge in [0.25, 0.3) is 5.91 Å². The molecule has 0 fully saturated rings. The molecule has 0 aromatic heterocycles. The van der Waals surface area contributed by atoms with Crippen LogP contribution in [0, 0.1) is 0 Å². The van der Waals surface area contributed by atoms with E-state index in [0.29, 0.717) is 23.7 Å². The molecule has 2 aromatic rings. The highest BCUT2D eigenvalue weighted by molar-refractivity contribution is 5.93. The molecule has 0 saturated heterocycles. The summed E-state index contributed by atoms with van der Waals surface area (Å²) in [4.78, 5) is 25.1. The van der Waals surface area contributed by atoms with Gasteiger partial charge in [0.2, 0.25) is 0 Å². The molecule has 1 N–H and O–H groups in total. The Balaban J connectivity index is 1.64. The monoisotopic (exact) mass is 397 g/mol. The van der Waals surface area contributed by atoms with Gasteiger partial charge in [-0.1, -0.05) is 24.3 Å². The van der Waals surface area contributed by atoms with Crippen LogP contribution >= 0.6 is 0 Å². The predicted octanol–water partition coefficient (Wildman–Crippen LogP) is 3.83. The van der Waals surface area contributed by atoms with Crippen molar-refractivity contribution in [1.29, 1.82) is 0 Å². The fraction of sp³-hybridized carbons (Fsp3) is 0.391. The van der Waals surface area contributed by atoms with Gasteiger partial charge in [0.15, 0.2) is 17.6 Å². The summed E-state index contributed by atoms with van der Waals surface area (Å²) < 4.78 is 16.1. The zero-order valence-electron chi connectivity index (χ0n) is 17.1. The van der Waals surface area contributed by atoms with Gasteiger partial charge in [-0.05, 0) is 62.4 Å². The smallest absolute Gasteiger partial charge is 0.339 e. The molecular formula is C23H27NO5. The molecule has 1 aliphatic carbocycles. The molecule has 6 heteroatoms. The van der Waals surface area contributed by atoms with Crippen LogP contribution in [0.4, 0.5) is 0 Å². The van der Waals surface area contributed by atoms with Gasteiger partial charge in [-0.25, -0.2) is 4.79 Å². The minimum Gasteiger partial charge on any atom is -0.493 e. The Morgan fingerprint density at radius 3 is 2.72 bits per heavy atom. The van der Waals surface area contributed by atoms with Crippen molar-refractivity contribution in [2.45, 2.75) is 45.3 Å². The second kappa shape index (κ2) is 9.45. The van der Waals surface area contributed by atoms with E-state index in [0.717, 1.165) is 24.8 Å². The minimum atomic E-state index is -0.908. The average Bonchev–Trinajstić information content (AvgIpc) is 2.74. The highest BCUT2D eigenvalue weighted by atomic mass is 16.5. The summed E-state index contributed by atoms with van der Waals surface area (Å²) >= 11 is 0. The highest BCUT2D eigenvalue weighted by Crippen LogP contribution is 2.30. The molecule has 0 saturated carbocycles. The molecule has 2 aromatic carbocycles. The third kappa shape index (κ3) is 4.88. The lowest BCUT2D eigenvalue weighted by molar-refractivity contribution is -0.130. The zero-order valence-corrected chi connectivity index (χ0v) is 17.1. The second-order valence-electron chi connectivity index (χ2n) is 7.00. The van der Waals surface area contributed by atoms with Gasteiger partial charge >= 0.3 is 5.97 Å². The highest BCUT2D eigenvalue weighted by Gasteiger charge is 2.26. The van der Waals surface area contributed by atoms with Gasteiger partial charge < -0.3 is 19.5 Å². The van der Waals surface area contributed by atoms with Crippen molar-refractivity contribution in [3.05, 3.63) is 59.2 Å². The molecule has 2 atom stereocenters. The van der Waals surface area contributed by atoms with Crippen LogP contribution in [-0.4, -0.2) is 31.7 Å². The topological polar surface area (TPSA) is 73.9 Å². The lowest BCUT2D eigenvalue weighted by Gasteiger charge is -2.27. The number of carbonyl (C=O) groups is 2.